The lowest BCUT2D eigenvalue weighted by Crippen LogP contribution is -2.22. The lowest BCUT2D eigenvalue weighted by Gasteiger charge is -2.15. The molecule has 1 rings (SSSR count). The highest BCUT2D eigenvalue weighted by molar-refractivity contribution is 6.32. The molecule has 0 saturated carbocycles. The van der Waals surface area contributed by atoms with Gasteiger partial charge in [0.1, 0.15) is 5.75 Å². The predicted octanol–water partition coefficient (Wildman–Crippen LogP) is 2.65. The second-order valence-electron chi connectivity index (χ2n) is 3.56. The summed E-state index contributed by atoms with van der Waals surface area (Å²) in [4.78, 5) is 0. The number of hydrogen-bond acceptors (Lipinski definition) is 3. The second kappa shape index (κ2) is 6.74. The maximum Gasteiger partial charge on any atom is 0.137 e. The summed E-state index contributed by atoms with van der Waals surface area (Å²) in [6, 6.07) is 6.06. The molecule has 4 heteroatoms. The van der Waals surface area contributed by atoms with Crippen molar-refractivity contribution in [2.24, 2.45) is 0 Å². The topological polar surface area (TPSA) is 30.5 Å². The van der Waals surface area contributed by atoms with Crippen LogP contribution in [0.4, 0.5) is 0 Å². The monoisotopic (exact) mass is 243 g/mol. The Hall–Kier alpha value is -0.770. The molecule has 0 aliphatic heterocycles. The van der Waals surface area contributed by atoms with Crippen LogP contribution in [0.1, 0.15) is 18.5 Å². The predicted molar refractivity (Wildman–Crippen MR) is 66.3 cm³/mol. The molecular formula is C12H18ClNO2. The van der Waals surface area contributed by atoms with E-state index in [1.54, 1.807) is 14.2 Å². The van der Waals surface area contributed by atoms with Gasteiger partial charge >= 0.3 is 0 Å². The highest BCUT2D eigenvalue weighted by Gasteiger charge is 2.07. The Morgan fingerprint density at radius 2 is 2.12 bits per heavy atom. The molecule has 0 aliphatic carbocycles. The number of nitrogens with one attached hydrogen (secondary N) is 1. The Morgan fingerprint density at radius 1 is 1.38 bits per heavy atom. The van der Waals surface area contributed by atoms with Gasteiger partial charge < -0.3 is 14.8 Å². The summed E-state index contributed by atoms with van der Waals surface area (Å²) >= 11 is 6.06. The van der Waals surface area contributed by atoms with Crippen molar-refractivity contribution >= 4 is 11.6 Å². The normalized spacial score (nSPS) is 12.5. The van der Waals surface area contributed by atoms with Gasteiger partial charge in [0, 0.05) is 19.7 Å². The van der Waals surface area contributed by atoms with E-state index in [-0.39, 0.29) is 6.04 Å². The van der Waals surface area contributed by atoms with Gasteiger partial charge in [0.05, 0.1) is 18.7 Å². The van der Waals surface area contributed by atoms with Crippen molar-refractivity contribution in [3.8, 4) is 5.75 Å². The van der Waals surface area contributed by atoms with Gasteiger partial charge in [-0.1, -0.05) is 17.7 Å². The smallest absolute Gasteiger partial charge is 0.137 e. The Kier molecular flexibility index (Phi) is 5.60. The molecule has 0 heterocycles. The van der Waals surface area contributed by atoms with E-state index in [0.717, 1.165) is 12.1 Å². The zero-order valence-electron chi connectivity index (χ0n) is 9.92. The average molecular weight is 244 g/mol. The summed E-state index contributed by atoms with van der Waals surface area (Å²) in [5.41, 5.74) is 1.14. The van der Waals surface area contributed by atoms with Crippen molar-refractivity contribution in [1.29, 1.82) is 0 Å². The molecule has 90 valence electrons. The van der Waals surface area contributed by atoms with Gasteiger partial charge in [-0.25, -0.2) is 0 Å². The number of hydrogen-bond donors (Lipinski definition) is 1. The maximum atomic E-state index is 6.06. The average Bonchev–Trinajstić information content (AvgIpc) is 2.29. The molecule has 0 aliphatic rings. The van der Waals surface area contributed by atoms with Crippen molar-refractivity contribution in [3.05, 3.63) is 28.8 Å². The highest BCUT2D eigenvalue weighted by atomic mass is 35.5. The first kappa shape index (κ1) is 13.3. The maximum absolute atomic E-state index is 6.06. The lowest BCUT2D eigenvalue weighted by molar-refractivity contribution is 0.196. The fourth-order valence-corrected chi connectivity index (χ4v) is 1.71. The SMILES string of the molecule is COCCNC(C)c1ccc(OC)c(Cl)c1. The van der Waals surface area contributed by atoms with Crippen molar-refractivity contribution in [2.45, 2.75) is 13.0 Å². The van der Waals surface area contributed by atoms with Crippen LogP contribution in [0.15, 0.2) is 18.2 Å². The Morgan fingerprint density at radius 3 is 2.69 bits per heavy atom. The first-order valence-corrected chi connectivity index (χ1v) is 5.62. The minimum Gasteiger partial charge on any atom is -0.495 e. The van der Waals surface area contributed by atoms with Gasteiger partial charge in [-0.2, -0.15) is 0 Å². The van der Waals surface area contributed by atoms with Crippen LogP contribution in [0.5, 0.6) is 5.75 Å². The molecule has 0 fully saturated rings. The largest absolute Gasteiger partial charge is 0.495 e. The molecule has 0 spiro atoms. The molecule has 0 radical (unpaired) electrons. The summed E-state index contributed by atoms with van der Waals surface area (Å²) in [5, 5.41) is 3.98. The van der Waals surface area contributed by atoms with Crippen LogP contribution in [-0.4, -0.2) is 27.4 Å². The summed E-state index contributed by atoms with van der Waals surface area (Å²) in [7, 11) is 3.30. The number of benzene rings is 1. The number of methoxy groups -OCH3 is 2. The molecule has 3 nitrogen and oxygen atoms in total. The third-order valence-corrected chi connectivity index (χ3v) is 2.73. The molecule has 1 aromatic carbocycles. The Bertz CT molecular complexity index is 331. The molecule has 0 saturated heterocycles. The van der Waals surface area contributed by atoms with Gasteiger partial charge in [-0.05, 0) is 24.6 Å². The van der Waals surface area contributed by atoms with Crippen LogP contribution in [0, 0.1) is 0 Å². The van der Waals surface area contributed by atoms with Crippen LogP contribution < -0.4 is 10.1 Å². The van der Waals surface area contributed by atoms with Crippen LogP contribution in [-0.2, 0) is 4.74 Å². The Labute approximate surface area is 102 Å². The number of halogens is 1. The highest BCUT2D eigenvalue weighted by Crippen LogP contribution is 2.27. The standard InChI is InChI=1S/C12H18ClNO2/c1-9(14-6-7-15-2)10-4-5-12(16-3)11(13)8-10/h4-5,8-9,14H,6-7H2,1-3H3. The minimum atomic E-state index is 0.249. The molecule has 0 bridgehead atoms. The van der Waals surface area contributed by atoms with Crippen LogP contribution in [0.3, 0.4) is 0 Å². The van der Waals surface area contributed by atoms with Crippen LogP contribution in [0.2, 0.25) is 5.02 Å². The summed E-state index contributed by atoms with van der Waals surface area (Å²) in [6.07, 6.45) is 0. The molecule has 1 N–H and O–H groups in total. The second-order valence-corrected chi connectivity index (χ2v) is 3.97. The Balaban J connectivity index is 2.62. The molecule has 1 unspecified atom stereocenters. The van der Waals surface area contributed by atoms with Crippen molar-refractivity contribution in [1.82, 2.24) is 5.32 Å². The van der Waals surface area contributed by atoms with E-state index in [4.69, 9.17) is 21.1 Å². The van der Waals surface area contributed by atoms with Gasteiger partial charge in [0.25, 0.3) is 0 Å². The lowest BCUT2D eigenvalue weighted by atomic mass is 10.1. The van der Waals surface area contributed by atoms with Crippen LogP contribution in [0.25, 0.3) is 0 Å². The molecule has 1 atom stereocenters. The molecule has 1 aromatic rings. The van der Waals surface area contributed by atoms with Crippen molar-refractivity contribution < 1.29 is 9.47 Å². The third kappa shape index (κ3) is 3.67. The quantitative estimate of drug-likeness (QED) is 0.780. The van der Waals surface area contributed by atoms with Gasteiger partial charge in [-0.3, -0.25) is 0 Å². The summed E-state index contributed by atoms with van der Waals surface area (Å²) < 4.78 is 10.1. The fourth-order valence-electron chi connectivity index (χ4n) is 1.45. The zero-order chi connectivity index (χ0) is 12.0. The van der Waals surface area contributed by atoms with E-state index in [1.807, 2.05) is 18.2 Å². The first-order chi connectivity index (χ1) is 7.69. The minimum absolute atomic E-state index is 0.249. The molecule has 16 heavy (non-hydrogen) atoms. The summed E-state index contributed by atoms with van der Waals surface area (Å²) in [6.45, 7) is 3.61. The summed E-state index contributed by atoms with van der Waals surface area (Å²) in [5.74, 6) is 0.703. The fraction of sp³-hybridized carbons (Fsp3) is 0.500. The van der Waals surface area contributed by atoms with E-state index < -0.39 is 0 Å². The van der Waals surface area contributed by atoms with E-state index in [2.05, 4.69) is 12.2 Å². The van der Waals surface area contributed by atoms with Crippen molar-refractivity contribution in [3.63, 3.8) is 0 Å². The third-order valence-electron chi connectivity index (χ3n) is 2.43. The van der Waals surface area contributed by atoms with Gasteiger partial charge in [-0.15, -0.1) is 0 Å². The first-order valence-electron chi connectivity index (χ1n) is 5.24. The van der Waals surface area contributed by atoms with E-state index >= 15 is 0 Å². The van der Waals surface area contributed by atoms with E-state index in [9.17, 15) is 0 Å². The molecule has 0 aromatic heterocycles. The molecule has 0 amide bonds. The molecular weight excluding hydrogens is 226 g/mol. The van der Waals surface area contributed by atoms with E-state index in [1.165, 1.54) is 0 Å². The number of ether oxygens (including phenoxy) is 2. The van der Waals surface area contributed by atoms with Crippen molar-refractivity contribution in [2.75, 3.05) is 27.4 Å². The van der Waals surface area contributed by atoms with E-state index in [0.29, 0.717) is 17.4 Å². The zero-order valence-corrected chi connectivity index (χ0v) is 10.7. The number of rotatable bonds is 6. The van der Waals surface area contributed by atoms with Crippen LogP contribution >= 0.6 is 11.6 Å². The van der Waals surface area contributed by atoms with Gasteiger partial charge in [0.2, 0.25) is 0 Å². The van der Waals surface area contributed by atoms with Gasteiger partial charge in [0.15, 0.2) is 0 Å².